The van der Waals surface area contributed by atoms with Gasteiger partial charge in [0.05, 0.1) is 15.8 Å². The molecule has 1 rings (SSSR count). The second-order valence-corrected chi connectivity index (χ2v) is 6.84. The number of nitriles is 1. The van der Waals surface area contributed by atoms with Crippen molar-refractivity contribution >= 4 is 15.6 Å². The summed E-state index contributed by atoms with van der Waals surface area (Å²) in [6.45, 7) is -1.25. The second kappa shape index (κ2) is 7.94. The highest BCUT2D eigenvalue weighted by Gasteiger charge is 2.26. The first-order valence-electron chi connectivity index (χ1n) is 6.25. The van der Waals surface area contributed by atoms with Gasteiger partial charge in [0.2, 0.25) is 6.19 Å². The lowest BCUT2D eigenvalue weighted by Gasteiger charge is -2.21. The Labute approximate surface area is 131 Å². The van der Waals surface area contributed by atoms with E-state index in [1.807, 2.05) is 0 Å². The lowest BCUT2D eigenvalue weighted by atomic mass is 10.0. The molecule has 3 atom stereocenters. The van der Waals surface area contributed by atoms with Crippen molar-refractivity contribution in [2.45, 2.75) is 23.5 Å². The van der Waals surface area contributed by atoms with Crippen LogP contribution in [0.3, 0.4) is 0 Å². The molecule has 1 aromatic rings. The third-order valence-corrected chi connectivity index (χ3v) is 4.52. The zero-order valence-electron chi connectivity index (χ0n) is 11.9. The number of carbonyl (C=O) groups is 1. The number of nitrogens with one attached hydrogen (secondary N) is 1. The number of aliphatic hydroxyl groups excluding tert-OH is 1. The number of amides is 1. The topological polar surface area (TPSA) is 103 Å². The Bertz CT molecular complexity index is 709. The van der Waals surface area contributed by atoms with Crippen molar-refractivity contribution in [3.8, 4) is 6.19 Å². The Hall–Kier alpha value is -2.12. The van der Waals surface area contributed by atoms with Crippen molar-refractivity contribution in [3.05, 3.63) is 29.8 Å². The van der Waals surface area contributed by atoms with E-state index < -0.39 is 40.9 Å². The van der Waals surface area contributed by atoms with Crippen LogP contribution in [0.2, 0.25) is 0 Å². The van der Waals surface area contributed by atoms with Gasteiger partial charge in [0.25, 0.3) is 5.91 Å². The van der Waals surface area contributed by atoms with Crippen LogP contribution >= 0.6 is 0 Å². The second-order valence-electron chi connectivity index (χ2n) is 4.58. The highest BCUT2D eigenvalue weighted by Crippen LogP contribution is 2.21. The summed E-state index contributed by atoms with van der Waals surface area (Å²) in [5.41, 5.74) is 0.123. The molecule has 126 valence electrons. The summed E-state index contributed by atoms with van der Waals surface area (Å²) in [6, 6.07) is 3.65. The standard InChI is InChI=1S/C13H14F3N3O3S/c1-23(22,18-7-17)9-4-2-8(3-5-9)11(20)10(6-14)19-13(21)12(15)16/h2-5,10-12,20H,6H2,1H3,(H,19,21)/t10-,11-,23?/m1/s1. The van der Waals surface area contributed by atoms with E-state index in [1.54, 1.807) is 5.32 Å². The Morgan fingerprint density at radius 3 is 2.43 bits per heavy atom. The summed E-state index contributed by atoms with van der Waals surface area (Å²) in [5.74, 6) is -1.69. The Morgan fingerprint density at radius 2 is 2.00 bits per heavy atom. The molecule has 10 heteroatoms. The van der Waals surface area contributed by atoms with Gasteiger partial charge < -0.3 is 10.4 Å². The summed E-state index contributed by atoms with van der Waals surface area (Å²) in [5, 5.41) is 20.1. The monoisotopic (exact) mass is 349 g/mol. The fourth-order valence-corrected chi connectivity index (χ4v) is 2.63. The van der Waals surface area contributed by atoms with Gasteiger partial charge in [-0.1, -0.05) is 12.1 Å². The van der Waals surface area contributed by atoms with Crippen molar-refractivity contribution < 1.29 is 27.3 Å². The van der Waals surface area contributed by atoms with Crippen LogP contribution in [0.4, 0.5) is 13.2 Å². The maximum atomic E-state index is 12.9. The minimum Gasteiger partial charge on any atom is -0.386 e. The van der Waals surface area contributed by atoms with Crippen LogP contribution < -0.4 is 5.32 Å². The maximum absolute atomic E-state index is 12.9. The van der Waals surface area contributed by atoms with Crippen LogP contribution in [0, 0.1) is 11.5 Å². The molecule has 0 heterocycles. The van der Waals surface area contributed by atoms with E-state index in [9.17, 15) is 27.3 Å². The Balaban J connectivity index is 2.98. The van der Waals surface area contributed by atoms with E-state index in [4.69, 9.17) is 5.26 Å². The number of nitrogens with zero attached hydrogens (tertiary/aromatic N) is 2. The lowest BCUT2D eigenvalue weighted by molar-refractivity contribution is -0.133. The quantitative estimate of drug-likeness (QED) is 0.757. The molecule has 0 fully saturated rings. The number of hydrogen-bond acceptors (Lipinski definition) is 5. The number of carbonyl (C=O) groups excluding carboxylic acids is 1. The molecule has 0 radical (unpaired) electrons. The van der Waals surface area contributed by atoms with Crippen molar-refractivity contribution in [2.75, 3.05) is 12.9 Å². The molecular formula is C13H14F3N3O3S. The van der Waals surface area contributed by atoms with Gasteiger partial charge in [-0.05, 0) is 17.7 Å². The van der Waals surface area contributed by atoms with Crippen LogP contribution in [0.15, 0.2) is 33.5 Å². The number of halogens is 3. The average Bonchev–Trinajstić information content (AvgIpc) is 2.51. The minimum absolute atomic E-state index is 0.123. The van der Waals surface area contributed by atoms with Crippen LogP contribution in [0.25, 0.3) is 0 Å². The summed E-state index contributed by atoms with van der Waals surface area (Å²) >= 11 is 0. The van der Waals surface area contributed by atoms with Gasteiger partial charge in [-0.25, -0.2) is 8.60 Å². The summed E-state index contributed by atoms with van der Waals surface area (Å²) in [4.78, 5) is 11.1. The number of alkyl halides is 3. The van der Waals surface area contributed by atoms with E-state index in [-0.39, 0.29) is 10.5 Å². The zero-order valence-corrected chi connectivity index (χ0v) is 12.8. The molecule has 1 unspecified atom stereocenters. The first-order valence-corrected chi connectivity index (χ1v) is 8.18. The SMILES string of the molecule is CS(=O)(=NC#N)c1ccc([C@@H](O)[C@@H](CF)NC(=O)C(F)F)cc1. The Kier molecular flexibility index (Phi) is 6.53. The average molecular weight is 349 g/mol. The van der Waals surface area contributed by atoms with Crippen LogP contribution in [-0.4, -0.2) is 40.6 Å². The largest absolute Gasteiger partial charge is 0.386 e. The summed E-state index contributed by atoms with van der Waals surface area (Å²) in [7, 11) is -2.92. The first-order chi connectivity index (χ1) is 10.7. The highest BCUT2D eigenvalue weighted by atomic mass is 32.2. The zero-order chi connectivity index (χ0) is 17.6. The number of rotatable bonds is 6. The van der Waals surface area contributed by atoms with E-state index in [1.165, 1.54) is 36.7 Å². The van der Waals surface area contributed by atoms with E-state index >= 15 is 0 Å². The summed E-state index contributed by atoms with van der Waals surface area (Å²) in [6.07, 6.45) is -2.21. The molecule has 0 spiro atoms. The van der Waals surface area contributed by atoms with Crippen LogP contribution in [-0.2, 0) is 14.5 Å². The van der Waals surface area contributed by atoms with Gasteiger partial charge >= 0.3 is 6.43 Å². The molecule has 0 aliphatic rings. The fourth-order valence-electron chi connectivity index (χ4n) is 1.73. The normalized spacial score (nSPS) is 16.0. The van der Waals surface area contributed by atoms with E-state index in [0.29, 0.717) is 0 Å². The fraction of sp³-hybridized carbons (Fsp3) is 0.385. The molecule has 1 aromatic carbocycles. The molecule has 0 saturated heterocycles. The smallest absolute Gasteiger partial charge is 0.315 e. The molecule has 0 saturated carbocycles. The molecule has 0 aliphatic carbocycles. The van der Waals surface area contributed by atoms with Crippen molar-refractivity contribution in [1.82, 2.24) is 5.32 Å². The Morgan fingerprint density at radius 1 is 1.43 bits per heavy atom. The van der Waals surface area contributed by atoms with Crippen LogP contribution in [0.1, 0.15) is 11.7 Å². The van der Waals surface area contributed by atoms with E-state index in [2.05, 4.69) is 4.36 Å². The molecule has 0 aromatic heterocycles. The van der Waals surface area contributed by atoms with Crippen molar-refractivity contribution in [1.29, 1.82) is 5.26 Å². The third kappa shape index (κ3) is 4.94. The molecule has 23 heavy (non-hydrogen) atoms. The van der Waals surface area contributed by atoms with E-state index in [0.717, 1.165) is 0 Å². The van der Waals surface area contributed by atoms with Crippen molar-refractivity contribution in [2.24, 2.45) is 4.36 Å². The van der Waals surface area contributed by atoms with Gasteiger partial charge in [0, 0.05) is 11.2 Å². The van der Waals surface area contributed by atoms with Crippen LogP contribution in [0.5, 0.6) is 0 Å². The molecule has 6 nitrogen and oxygen atoms in total. The maximum Gasteiger partial charge on any atom is 0.315 e. The molecule has 0 aliphatic heterocycles. The minimum atomic E-state index is -3.32. The van der Waals surface area contributed by atoms with Gasteiger partial charge in [0.1, 0.15) is 12.8 Å². The number of aliphatic hydroxyl groups is 1. The van der Waals surface area contributed by atoms with Gasteiger partial charge in [-0.15, -0.1) is 4.36 Å². The number of benzene rings is 1. The van der Waals surface area contributed by atoms with Crippen molar-refractivity contribution in [3.63, 3.8) is 0 Å². The third-order valence-electron chi connectivity index (χ3n) is 2.95. The molecular weight excluding hydrogens is 335 g/mol. The number of hydrogen-bond donors (Lipinski definition) is 2. The van der Waals surface area contributed by atoms with Gasteiger partial charge in [-0.3, -0.25) is 4.79 Å². The predicted octanol–water partition coefficient (Wildman–Crippen LogP) is 1.38. The molecule has 0 bridgehead atoms. The first kappa shape index (κ1) is 18.9. The highest BCUT2D eigenvalue weighted by molar-refractivity contribution is 7.93. The molecule has 1 amide bonds. The van der Waals surface area contributed by atoms with Gasteiger partial charge in [-0.2, -0.15) is 14.0 Å². The lowest BCUT2D eigenvalue weighted by Crippen LogP contribution is -2.43. The molecule has 2 N–H and O–H groups in total. The summed E-state index contributed by atoms with van der Waals surface area (Å²) < 4.78 is 52.5. The van der Waals surface area contributed by atoms with Gasteiger partial charge in [0.15, 0.2) is 0 Å². The predicted molar refractivity (Wildman–Crippen MR) is 75.7 cm³/mol.